The number of nitrogens with zero attached hydrogens (tertiary/aromatic N) is 5. The molecule has 2 aromatic carbocycles. The van der Waals surface area contributed by atoms with E-state index in [0.717, 1.165) is 11.8 Å². The number of aromatic nitrogens is 3. The SMILES string of the molecule is COc1ccc(-c2nc3c(C(=O)N4CCN([C@@H](CO)c5cccc(C(C)=O)c5)CC4)cnn3c(C(F)(F)F)c2C)cc1. The van der Waals surface area contributed by atoms with Gasteiger partial charge in [-0.25, -0.2) is 9.50 Å². The van der Waals surface area contributed by atoms with Crippen LogP contribution < -0.4 is 4.74 Å². The van der Waals surface area contributed by atoms with Crippen LogP contribution in [0.1, 0.15) is 50.5 Å². The molecule has 3 heterocycles. The summed E-state index contributed by atoms with van der Waals surface area (Å²) in [5, 5.41) is 14.1. The highest BCUT2D eigenvalue weighted by molar-refractivity contribution is 6.00. The van der Waals surface area contributed by atoms with E-state index in [1.54, 1.807) is 47.4 Å². The Kier molecular flexibility index (Phi) is 8.02. The third-order valence-electron chi connectivity index (χ3n) is 7.64. The molecule has 1 N–H and O–H groups in total. The third-order valence-corrected chi connectivity index (χ3v) is 7.64. The van der Waals surface area contributed by atoms with E-state index in [-0.39, 0.29) is 54.0 Å². The van der Waals surface area contributed by atoms with E-state index >= 15 is 0 Å². The van der Waals surface area contributed by atoms with Crippen molar-refractivity contribution in [1.29, 1.82) is 0 Å². The molecule has 42 heavy (non-hydrogen) atoms. The van der Waals surface area contributed by atoms with Crippen molar-refractivity contribution in [3.8, 4) is 17.0 Å². The molecule has 2 aromatic heterocycles. The fraction of sp³-hybridized carbons (Fsp3) is 0.333. The quantitative estimate of drug-likeness (QED) is 0.323. The normalized spacial score (nSPS) is 15.2. The number of aliphatic hydroxyl groups excluding tert-OH is 1. The van der Waals surface area contributed by atoms with Gasteiger partial charge in [-0.05, 0) is 49.7 Å². The summed E-state index contributed by atoms with van der Waals surface area (Å²) in [7, 11) is 1.49. The van der Waals surface area contributed by atoms with E-state index in [4.69, 9.17) is 4.74 Å². The Morgan fingerprint density at radius 2 is 1.76 bits per heavy atom. The van der Waals surface area contributed by atoms with Crippen LogP contribution in [0, 0.1) is 6.92 Å². The maximum Gasteiger partial charge on any atom is 0.433 e. The van der Waals surface area contributed by atoms with Crippen molar-refractivity contribution in [3.63, 3.8) is 0 Å². The van der Waals surface area contributed by atoms with Crippen LogP contribution in [0.2, 0.25) is 0 Å². The van der Waals surface area contributed by atoms with Crippen molar-refractivity contribution in [1.82, 2.24) is 24.4 Å². The maximum atomic E-state index is 14.3. The molecular formula is C30H30F3N5O4. The van der Waals surface area contributed by atoms with Crippen LogP contribution in [0.15, 0.2) is 54.7 Å². The number of hydrogen-bond acceptors (Lipinski definition) is 7. The summed E-state index contributed by atoms with van der Waals surface area (Å²) in [6, 6.07) is 13.2. The minimum Gasteiger partial charge on any atom is -0.497 e. The van der Waals surface area contributed by atoms with Crippen molar-refractivity contribution in [2.75, 3.05) is 39.9 Å². The van der Waals surface area contributed by atoms with Gasteiger partial charge in [-0.3, -0.25) is 14.5 Å². The van der Waals surface area contributed by atoms with Gasteiger partial charge in [-0.15, -0.1) is 0 Å². The number of benzene rings is 2. The first-order valence-corrected chi connectivity index (χ1v) is 13.4. The van der Waals surface area contributed by atoms with Crippen LogP contribution in [0.25, 0.3) is 16.9 Å². The lowest BCUT2D eigenvalue weighted by Crippen LogP contribution is -2.50. The highest BCUT2D eigenvalue weighted by atomic mass is 19.4. The lowest BCUT2D eigenvalue weighted by Gasteiger charge is -2.38. The monoisotopic (exact) mass is 581 g/mol. The summed E-state index contributed by atoms with van der Waals surface area (Å²) in [4.78, 5) is 33.5. The van der Waals surface area contributed by atoms with Gasteiger partial charge in [0.1, 0.15) is 11.3 Å². The Hall–Kier alpha value is -4.29. The van der Waals surface area contributed by atoms with E-state index in [0.29, 0.717) is 34.5 Å². The molecule has 5 rings (SSSR count). The largest absolute Gasteiger partial charge is 0.497 e. The fourth-order valence-corrected chi connectivity index (χ4v) is 5.39. The number of carbonyl (C=O) groups is 2. The van der Waals surface area contributed by atoms with Crippen molar-refractivity contribution < 1.29 is 32.6 Å². The molecule has 1 atom stereocenters. The van der Waals surface area contributed by atoms with E-state index < -0.39 is 17.8 Å². The fourth-order valence-electron chi connectivity index (χ4n) is 5.39. The molecule has 1 amide bonds. The number of ketones is 1. The molecule has 1 aliphatic heterocycles. The molecule has 0 unspecified atom stereocenters. The zero-order valence-electron chi connectivity index (χ0n) is 23.4. The number of alkyl halides is 3. The van der Waals surface area contributed by atoms with Gasteiger partial charge in [-0.1, -0.05) is 18.2 Å². The van der Waals surface area contributed by atoms with Crippen molar-refractivity contribution in [3.05, 3.63) is 82.7 Å². The highest BCUT2D eigenvalue weighted by Gasteiger charge is 2.39. The number of aliphatic hydroxyl groups is 1. The number of ether oxygens (including phenoxy) is 1. The third kappa shape index (κ3) is 5.47. The standard InChI is InChI=1S/C30H30F3N5O4/c1-18-26(20-7-9-23(42-3)10-8-20)35-28-24(16-34-38(28)27(18)30(31,32)33)29(41)37-13-11-36(12-14-37)25(17-39)22-6-4-5-21(15-22)19(2)40/h4-10,15-16,25,39H,11-14,17H2,1-3H3/t25-/m0/s1. The average Bonchev–Trinajstić information content (AvgIpc) is 3.39. The van der Waals surface area contributed by atoms with Gasteiger partial charge in [0.2, 0.25) is 0 Å². The molecule has 0 saturated carbocycles. The molecule has 1 aliphatic rings. The van der Waals surface area contributed by atoms with Crippen molar-refractivity contribution in [2.45, 2.75) is 26.1 Å². The lowest BCUT2D eigenvalue weighted by atomic mass is 10.0. The lowest BCUT2D eigenvalue weighted by molar-refractivity contribution is -0.143. The van der Waals surface area contributed by atoms with Gasteiger partial charge in [0, 0.05) is 42.9 Å². The Morgan fingerprint density at radius 3 is 2.36 bits per heavy atom. The number of fused-ring (bicyclic) bond motifs is 1. The molecule has 0 aliphatic carbocycles. The molecule has 0 bridgehead atoms. The van der Waals surface area contributed by atoms with E-state index in [2.05, 4.69) is 10.1 Å². The Bertz CT molecular complexity index is 1630. The van der Waals surface area contributed by atoms with E-state index in [9.17, 15) is 27.9 Å². The minimum atomic E-state index is -4.75. The predicted molar refractivity (Wildman–Crippen MR) is 148 cm³/mol. The maximum absolute atomic E-state index is 14.3. The number of hydrogen-bond donors (Lipinski definition) is 1. The smallest absolute Gasteiger partial charge is 0.433 e. The second-order valence-corrected chi connectivity index (χ2v) is 10.2. The van der Waals surface area contributed by atoms with Crippen LogP contribution in [0.3, 0.4) is 0 Å². The summed E-state index contributed by atoms with van der Waals surface area (Å²) < 4.78 is 48.7. The number of carbonyl (C=O) groups excluding carboxylic acids is 2. The summed E-state index contributed by atoms with van der Waals surface area (Å²) >= 11 is 0. The number of rotatable bonds is 7. The number of methoxy groups -OCH3 is 1. The molecular weight excluding hydrogens is 551 g/mol. The van der Waals surface area contributed by atoms with Crippen LogP contribution in [-0.4, -0.2) is 81.1 Å². The summed E-state index contributed by atoms with van der Waals surface area (Å²) in [6.07, 6.45) is -3.61. The first-order valence-electron chi connectivity index (χ1n) is 13.4. The number of Topliss-reactive ketones (excluding diaryl/α,β-unsaturated/α-hetero) is 1. The second kappa shape index (κ2) is 11.5. The average molecular weight is 582 g/mol. The molecule has 0 radical (unpaired) electrons. The molecule has 9 nitrogen and oxygen atoms in total. The van der Waals surface area contributed by atoms with Crippen LogP contribution in [0.4, 0.5) is 13.2 Å². The van der Waals surface area contributed by atoms with Gasteiger partial charge in [0.15, 0.2) is 17.1 Å². The van der Waals surface area contributed by atoms with Crippen LogP contribution >= 0.6 is 0 Å². The van der Waals surface area contributed by atoms with Gasteiger partial charge in [-0.2, -0.15) is 18.3 Å². The minimum absolute atomic E-state index is 0.0309. The first-order chi connectivity index (χ1) is 20.0. The summed E-state index contributed by atoms with van der Waals surface area (Å²) in [5.41, 5.74) is 0.548. The first kappa shape index (κ1) is 29.2. The Labute approximate surface area is 240 Å². The summed E-state index contributed by atoms with van der Waals surface area (Å²) in [6.45, 7) is 4.02. The van der Waals surface area contributed by atoms with Crippen molar-refractivity contribution >= 4 is 17.3 Å². The number of halogens is 3. The zero-order valence-corrected chi connectivity index (χ0v) is 23.4. The summed E-state index contributed by atoms with van der Waals surface area (Å²) in [5.74, 6) is -0.0122. The van der Waals surface area contributed by atoms with Crippen LogP contribution in [-0.2, 0) is 6.18 Å². The molecule has 12 heteroatoms. The molecule has 220 valence electrons. The molecule has 1 fully saturated rings. The predicted octanol–water partition coefficient (Wildman–Crippen LogP) is 4.43. The van der Waals surface area contributed by atoms with Crippen LogP contribution in [0.5, 0.6) is 5.75 Å². The highest BCUT2D eigenvalue weighted by Crippen LogP contribution is 2.37. The van der Waals surface area contributed by atoms with Gasteiger partial charge < -0.3 is 14.7 Å². The molecule has 1 saturated heterocycles. The molecule has 0 spiro atoms. The number of piperazine rings is 1. The Balaban J connectivity index is 1.43. The van der Waals surface area contributed by atoms with Gasteiger partial charge in [0.05, 0.1) is 31.6 Å². The van der Waals surface area contributed by atoms with Crippen molar-refractivity contribution in [2.24, 2.45) is 0 Å². The topological polar surface area (TPSA) is 100 Å². The van der Waals surface area contributed by atoms with E-state index in [1.807, 2.05) is 11.0 Å². The van der Waals surface area contributed by atoms with E-state index in [1.165, 1.54) is 21.0 Å². The van der Waals surface area contributed by atoms with Gasteiger partial charge >= 0.3 is 6.18 Å². The van der Waals surface area contributed by atoms with Gasteiger partial charge in [0.25, 0.3) is 5.91 Å². The Morgan fingerprint density at radius 1 is 1.07 bits per heavy atom. The molecule has 4 aromatic rings. The zero-order chi connectivity index (χ0) is 30.2. The number of amides is 1. The second-order valence-electron chi connectivity index (χ2n) is 10.2.